The topological polar surface area (TPSA) is 63.9 Å². The second-order valence-electron chi connectivity index (χ2n) is 5.68. The Hall–Kier alpha value is -2.24. The molecule has 2 aromatic heterocycles. The minimum Gasteiger partial charge on any atom is -0.342 e. The Kier molecular flexibility index (Phi) is 4.18. The highest BCUT2D eigenvalue weighted by atomic mass is 16.2. The van der Waals surface area contributed by atoms with Crippen LogP contribution in [0.2, 0.25) is 0 Å². The van der Waals surface area contributed by atoms with Crippen LogP contribution in [0, 0.1) is 0 Å². The van der Waals surface area contributed by atoms with E-state index in [4.69, 9.17) is 0 Å². The molecule has 1 aliphatic rings. The molecule has 1 saturated heterocycles. The summed E-state index contributed by atoms with van der Waals surface area (Å²) in [7, 11) is 0. The Bertz CT molecular complexity index is 666. The fourth-order valence-electron chi connectivity index (χ4n) is 3.02. The normalized spacial score (nSPS) is 18.5. The number of nitrogens with zero attached hydrogens (tertiary/aromatic N) is 5. The summed E-state index contributed by atoms with van der Waals surface area (Å²) in [5, 5.41) is 4.32. The van der Waals surface area contributed by atoms with Gasteiger partial charge < -0.3 is 4.90 Å². The number of carbonyl (C=O) groups excluding carboxylic acids is 1. The van der Waals surface area contributed by atoms with Gasteiger partial charge in [-0.1, -0.05) is 0 Å². The van der Waals surface area contributed by atoms with E-state index in [0.29, 0.717) is 0 Å². The molecule has 6 heteroatoms. The number of hydrogen-bond acceptors (Lipinski definition) is 4. The predicted octanol–water partition coefficient (Wildman–Crippen LogP) is 2.09. The molecule has 0 radical (unpaired) electrons. The molecule has 1 atom stereocenters. The molecule has 0 unspecified atom stereocenters. The zero-order valence-corrected chi connectivity index (χ0v) is 13.1. The average Bonchev–Trinajstić information content (AvgIpc) is 3.04. The van der Waals surface area contributed by atoms with Crippen LogP contribution in [0.3, 0.4) is 0 Å². The summed E-state index contributed by atoms with van der Waals surface area (Å²) >= 11 is 0. The number of hydrogen-bond donors (Lipinski definition) is 0. The molecule has 0 aromatic carbocycles. The summed E-state index contributed by atoms with van der Waals surface area (Å²) in [4.78, 5) is 22.6. The van der Waals surface area contributed by atoms with Gasteiger partial charge in [-0.3, -0.25) is 19.4 Å². The van der Waals surface area contributed by atoms with Crippen LogP contribution in [0.1, 0.15) is 38.3 Å². The van der Waals surface area contributed by atoms with E-state index in [1.165, 1.54) is 0 Å². The molecule has 3 heterocycles. The molecule has 0 aliphatic carbocycles. The quantitative estimate of drug-likeness (QED) is 0.870. The summed E-state index contributed by atoms with van der Waals surface area (Å²) in [5.74, 6) is 0.375. The summed E-state index contributed by atoms with van der Waals surface area (Å²) in [6.07, 6.45) is 9.33. The molecular weight excluding hydrogens is 278 g/mol. The molecule has 0 bridgehead atoms. The van der Waals surface area contributed by atoms with Gasteiger partial charge in [0.2, 0.25) is 5.91 Å². The third kappa shape index (κ3) is 2.86. The molecule has 0 N–H and O–H groups in total. The largest absolute Gasteiger partial charge is 0.342 e. The molecule has 6 nitrogen and oxygen atoms in total. The number of carbonyl (C=O) groups is 1. The first kappa shape index (κ1) is 14.7. The Labute approximate surface area is 130 Å². The molecule has 1 fully saturated rings. The van der Waals surface area contributed by atoms with Crippen molar-refractivity contribution in [3.8, 4) is 11.3 Å². The molecule has 3 rings (SSSR count). The van der Waals surface area contributed by atoms with Gasteiger partial charge in [-0.05, 0) is 19.8 Å². The van der Waals surface area contributed by atoms with Gasteiger partial charge in [0.05, 0.1) is 17.6 Å². The Morgan fingerprint density at radius 3 is 2.91 bits per heavy atom. The van der Waals surface area contributed by atoms with E-state index in [9.17, 15) is 4.79 Å². The van der Waals surface area contributed by atoms with E-state index < -0.39 is 0 Å². The lowest BCUT2D eigenvalue weighted by atomic mass is 9.92. The highest BCUT2D eigenvalue weighted by Gasteiger charge is 2.26. The first-order valence-electron chi connectivity index (χ1n) is 7.78. The third-order valence-corrected chi connectivity index (χ3v) is 4.21. The van der Waals surface area contributed by atoms with Gasteiger partial charge >= 0.3 is 0 Å². The van der Waals surface area contributed by atoms with Crippen LogP contribution in [0.25, 0.3) is 11.3 Å². The standard InChI is InChI=1S/C16H21N5O/c1-3-21-11-14(9-19-21)16-15(17-6-7-18-16)13-5-4-8-20(10-13)12(2)22/h6-7,9,11,13H,3-5,8,10H2,1-2H3/t13-/m0/s1. The van der Waals surface area contributed by atoms with Gasteiger partial charge in [0, 0.05) is 56.6 Å². The number of piperidine rings is 1. The van der Waals surface area contributed by atoms with Crippen LogP contribution in [0.15, 0.2) is 24.8 Å². The van der Waals surface area contributed by atoms with Crippen molar-refractivity contribution in [3.05, 3.63) is 30.5 Å². The van der Waals surface area contributed by atoms with Gasteiger partial charge in [-0.25, -0.2) is 0 Å². The first-order valence-corrected chi connectivity index (χ1v) is 7.78. The van der Waals surface area contributed by atoms with Crippen LogP contribution in [-0.2, 0) is 11.3 Å². The number of aryl methyl sites for hydroxylation is 1. The van der Waals surface area contributed by atoms with Crippen molar-refractivity contribution < 1.29 is 4.79 Å². The van der Waals surface area contributed by atoms with Crippen LogP contribution in [0.5, 0.6) is 0 Å². The molecule has 1 aliphatic heterocycles. The maximum absolute atomic E-state index is 11.6. The van der Waals surface area contributed by atoms with Crippen molar-refractivity contribution in [2.45, 2.75) is 39.2 Å². The van der Waals surface area contributed by atoms with E-state index >= 15 is 0 Å². The lowest BCUT2D eigenvalue weighted by Crippen LogP contribution is -2.38. The van der Waals surface area contributed by atoms with Crippen LogP contribution in [-0.4, -0.2) is 43.6 Å². The monoisotopic (exact) mass is 299 g/mol. The lowest BCUT2D eigenvalue weighted by molar-refractivity contribution is -0.130. The number of rotatable bonds is 3. The van der Waals surface area contributed by atoms with Crippen LogP contribution >= 0.6 is 0 Å². The molecular formula is C16H21N5O. The van der Waals surface area contributed by atoms with Crippen molar-refractivity contribution in [2.24, 2.45) is 0 Å². The SMILES string of the molecule is CCn1cc(-c2nccnc2[C@H]2CCCN(C(C)=O)C2)cn1. The van der Waals surface area contributed by atoms with Gasteiger partial charge in [0.15, 0.2) is 0 Å². The lowest BCUT2D eigenvalue weighted by Gasteiger charge is -2.32. The molecule has 22 heavy (non-hydrogen) atoms. The van der Waals surface area contributed by atoms with Crippen LogP contribution in [0.4, 0.5) is 0 Å². The highest BCUT2D eigenvalue weighted by Crippen LogP contribution is 2.31. The van der Waals surface area contributed by atoms with Crippen molar-refractivity contribution in [2.75, 3.05) is 13.1 Å². The zero-order chi connectivity index (χ0) is 15.5. The van der Waals surface area contributed by atoms with Crippen molar-refractivity contribution in [1.82, 2.24) is 24.6 Å². The third-order valence-electron chi connectivity index (χ3n) is 4.21. The molecule has 0 saturated carbocycles. The molecule has 1 amide bonds. The first-order chi connectivity index (χ1) is 10.7. The molecule has 2 aromatic rings. The Balaban J connectivity index is 1.92. The van der Waals surface area contributed by atoms with Crippen molar-refractivity contribution >= 4 is 5.91 Å². The maximum Gasteiger partial charge on any atom is 0.219 e. The summed E-state index contributed by atoms with van der Waals surface area (Å²) in [6.45, 7) is 6.08. The predicted molar refractivity (Wildman–Crippen MR) is 83.2 cm³/mol. The van der Waals surface area contributed by atoms with Gasteiger partial charge in [0.1, 0.15) is 0 Å². The minimum atomic E-state index is 0.133. The fraction of sp³-hybridized carbons (Fsp3) is 0.500. The number of aromatic nitrogens is 4. The second-order valence-corrected chi connectivity index (χ2v) is 5.68. The summed E-state index contributed by atoms with van der Waals surface area (Å²) < 4.78 is 1.89. The minimum absolute atomic E-state index is 0.133. The second kappa shape index (κ2) is 6.25. The smallest absolute Gasteiger partial charge is 0.219 e. The summed E-state index contributed by atoms with van der Waals surface area (Å²) in [6, 6.07) is 0. The van der Waals surface area contributed by atoms with E-state index in [2.05, 4.69) is 22.0 Å². The van der Waals surface area contributed by atoms with Gasteiger partial charge in [-0.2, -0.15) is 5.10 Å². The highest BCUT2D eigenvalue weighted by molar-refractivity contribution is 5.73. The van der Waals surface area contributed by atoms with E-state index in [0.717, 1.165) is 49.4 Å². The van der Waals surface area contributed by atoms with Crippen LogP contribution < -0.4 is 0 Å². The zero-order valence-electron chi connectivity index (χ0n) is 13.1. The van der Waals surface area contributed by atoms with E-state index in [1.54, 1.807) is 19.3 Å². The van der Waals surface area contributed by atoms with Gasteiger partial charge in [0.25, 0.3) is 0 Å². The van der Waals surface area contributed by atoms with Gasteiger partial charge in [-0.15, -0.1) is 0 Å². The molecule has 116 valence electrons. The number of likely N-dealkylation sites (tertiary alicyclic amines) is 1. The van der Waals surface area contributed by atoms with E-state index in [-0.39, 0.29) is 11.8 Å². The average molecular weight is 299 g/mol. The number of amides is 1. The van der Waals surface area contributed by atoms with Crippen molar-refractivity contribution in [1.29, 1.82) is 0 Å². The Morgan fingerprint density at radius 1 is 1.36 bits per heavy atom. The molecule has 0 spiro atoms. The summed E-state index contributed by atoms with van der Waals surface area (Å²) in [5.41, 5.74) is 2.85. The van der Waals surface area contributed by atoms with Crippen molar-refractivity contribution in [3.63, 3.8) is 0 Å². The van der Waals surface area contributed by atoms with E-state index in [1.807, 2.05) is 22.0 Å². The fourth-order valence-corrected chi connectivity index (χ4v) is 3.02. The maximum atomic E-state index is 11.6. The Morgan fingerprint density at radius 2 is 2.18 bits per heavy atom.